The molecule has 4 rings (SSSR count). The van der Waals surface area contributed by atoms with Crippen molar-refractivity contribution in [3.63, 3.8) is 0 Å². The molecule has 0 spiro atoms. The fourth-order valence-electron chi connectivity index (χ4n) is 3.90. The summed E-state index contributed by atoms with van der Waals surface area (Å²) in [6.45, 7) is 4.96. The molecule has 0 amide bonds. The molecule has 0 bridgehead atoms. The van der Waals surface area contributed by atoms with Crippen LogP contribution >= 0.6 is 11.3 Å². The summed E-state index contributed by atoms with van der Waals surface area (Å²) >= 11 is 1.44. The summed E-state index contributed by atoms with van der Waals surface area (Å²) in [5.41, 5.74) is 1.03. The SMILES string of the molecule is CCCS(=O)(=O)Nc1cccc(-c2nc(C3CCOCC3)sc2-c2ccnc(NC[C@H](C)O)n2)c1F. The predicted molar refractivity (Wildman–Crippen MR) is 139 cm³/mol. The van der Waals surface area contributed by atoms with Crippen molar-refractivity contribution in [3.05, 3.63) is 41.3 Å². The van der Waals surface area contributed by atoms with Gasteiger partial charge in [0.1, 0.15) is 0 Å². The summed E-state index contributed by atoms with van der Waals surface area (Å²) in [4.78, 5) is 14.3. The van der Waals surface area contributed by atoms with E-state index in [-0.39, 0.29) is 29.5 Å². The highest BCUT2D eigenvalue weighted by Gasteiger charge is 2.26. The molecule has 1 saturated heterocycles. The monoisotopic (exact) mass is 535 g/mol. The average Bonchev–Trinajstić information content (AvgIpc) is 3.30. The zero-order valence-corrected chi connectivity index (χ0v) is 21.8. The molecule has 36 heavy (non-hydrogen) atoms. The summed E-state index contributed by atoms with van der Waals surface area (Å²) < 4.78 is 48.2. The van der Waals surface area contributed by atoms with Crippen molar-refractivity contribution in [1.82, 2.24) is 15.0 Å². The number of sulfonamides is 1. The molecule has 12 heteroatoms. The van der Waals surface area contributed by atoms with Gasteiger partial charge in [0.15, 0.2) is 5.82 Å². The number of nitrogens with zero attached hydrogens (tertiary/aromatic N) is 3. The van der Waals surface area contributed by atoms with Crippen LogP contribution in [0.25, 0.3) is 21.8 Å². The lowest BCUT2D eigenvalue weighted by Gasteiger charge is -2.19. The highest BCUT2D eigenvalue weighted by Crippen LogP contribution is 2.42. The normalized spacial score (nSPS) is 15.6. The van der Waals surface area contributed by atoms with Crippen molar-refractivity contribution < 1.29 is 22.7 Å². The molecule has 0 radical (unpaired) electrons. The third-order valence-corrected chi connectivity index (χ3v) is 8.37. The Morgan fingerprint density at radius 2 is 2.03 bits per heavy atom. The van der Waals surface area contributed by atoms with E-state index < -0.39 is 21.9 Å². The van der Waals surface area contributed by atoms with Crippen LogP contribution in [0.3, 0.4) is 0 Å². The van der Waals surface area contributed by atoms with Gasteiger partial charge >= 0.3 is 0 Å². The minimum atomic E-state index is -3.67. The van der Waals surface area contributed by atoms with E-state index in [1.165, 1.54) is 17.4 Å². The summed E-state index contributed by atoms with van der Waals surface area (Å²) in [6.07, 6.45) is 3.06. The second kappa shape index (κ2) is 11.6. The van der Waals surface area contributed by atoms with Crippen molar-refractivity contribution in [2.45, 2.75) is 45.1 Å². The van der Waals surface area contributed by atoms with Gasteiger partial charge in [-0.2, -0.15) is 0 Å². The van der Waals surface area contributed by atoms with Crippen LogP contribution in [-0.2, 0) is 14.8 Å². The maximum atomic E-state index is 15.7. The van der Waals surface area contributed by atoms with E-state index in [2.05, 4.69) is 20.0 Å². The fraction of sp³-hybridized carbons (Fsp3) is 0.458. The van der Waals surface area contributed by atoms with Crippen LogP contribution in [0, 0.1) is 5.82 Å². The first kappa shape index (κ1) is 26.4. The molecule has 1 fully saturated rings. The van der Waals surface area contributed by atoms with Crippen LogP contribution in [-0.4, -0.2) is 60.1 Å². The molecule has 9 nitrogen and oxygen atoms in total. The first-order chi connectivity index (χ1) is 17.3. The largest absolute Gasteiger partial charge is 0.392 e. The van der Waals surface area contributed by atoms with Gasteiger partial charge in [0, 0.05) is 37.4 Å². The highest BCUT2D eigenvalue weighted by atomic mass is 32.2. The minimum Gasteiger partial charge on any atom is -0.392 e. The Kier molecular flexibility index (Phi) is 8.50. The second-order valence-electron chi connectivity index (χ2n) is 8.70. The van der Waals surface area contributed by atoms with Crippen LogP contribution in [0.1, 0.15) is 44.0 Å². The number of thiazole rings is 1. The van der Waals surface area contributed by atoms with Crippen LogP contribution in [0.2, 0.25) is 0 Å². The summed E-state index contributed by atoms with van der Waals surface area (Å²) in [5, 5.41) is 13.4. The number of benzene rings is 1. The maximum absolute atomic E-state index is 15.7. The zero-order valence-electron chi connectivity index (χ0n) is 20.2. The number of aromatic nitrogens is 3. The van der Waals surface area contributed by atoms with Crippen LogP contribution < -0.4 is 10.0 Å². The number of hydrogen-bond donors (Lipinski definition) is 3. The molecule has 3 aromatic rings. The number of aliphatic hydroxyl groups excluding tert-OH is 1. The smallest absolute Gasteiger partial charge is 0.232 e. The Morgan fingerprint density at radius 1 is 1.25 bits per heavy atom. The van der Waals surface area contributed by atoms with E-state index in [0.29, 0.717) is 41.8 Å². The van der Waals surface area contributed by atoms with Gasteiger partial charge in [0.2, 0.25) is 16.0 Å². The molecule has 194 valence electrons. The van der Waals surface area contributed by atoms with Gasteiger partial charge in [-0.3, -0.25) is 4.72 Å². The van der Waals surface area contributed by atoms with Gasteiger partial charge in [0.25, 0.3) is 0 Å². The fourth-order valence-corrected chi connectivity index (χ4v) is 6.25. The molecule has 3 N–H and O–H groups in total. The standard InChI is InChI=1S/C24H30FN5O4S2/c1-3-13-36(32,33)30-18-6-4-5-17(20(18)25)21-22(35-23(29-21)16-8-11-34-12-9-16)19-7-10-26-24(28-19)27-14-15(2)31/h4-7,10,15-16,30-31H,3,8-9,11-14H2,1-2H3,(H,26,27,28)/t15-/m0/s1. The molecule has 1 atom stereocenters. The number of hydrogen-bond acceptors (Lipinski definition) is 9. The van der Waals surface area contributed by atoms with Crippen molar-refractivity contribution >= 4 is 33.0 Å². The van der Waals surface area contributed by atoms with Crippen LogP contribution in [0.15, 0.2) is 30.5 Å². The first-order valence-corrected chi connectivity index (χ1v) is 14.4. The molecule has 1 aliphatic rings. The van der Waals surface area contributed by atoms with Gasteiger partial charge in [0.05, 0.1) is 38.8 Å². The third-order valence-electron chi connectivity index (χ3n) is 5.65. The molecule has 0 aliphatic carbocycles. The van der Waals surface area contributed by atoms with E-state index >= 15 is 4.39 Å². The van der Waals surface area contributed by atoms with E-state index in [1.807, 2.05) is 0 Å². The van der Waals surface area contributed by atoms with Gasteiger partial charge in [-0.25, -0.2) is 27.8 Å². The second-order valence-corrected chi connectivity index (χ2v) is 11.6. The molecule has 2 aromatic heterocycles. The topological polar surface area (TPSA) is 126 Å². The number of nitrogens with one attached hydrogen (secondary N) is 2. The lowest BCUT2D eigenvalue weighted by molar-refractivity contribution is 0.0853. The van der Waals surface area contributed by atoms with Gasteiger partial charge in [-0.15, -0.1) is 11.3 Å². The number of halogens is 1. The minimum absolute atomic E-state index is 0.102. The van der Waals surface area contributed by atoms with Crippen molar-refractivity contribution in [1.29, 1.82) is 0 Å². The Labute approximate surface area is 214 Å². The third kappa shape index (κ3) is 6.36. The van der Waals surface area contributed by atoms with Gasteiger partial charge in [-0.05, 0) is 44.4 Å². The Hall–Kier alpha value is -2.67. The van der Waals surface area contributed by atoms with Crippen LogP contribution in [0.5, 0.6) is 0 Å². The predicted octanol–water partition coefficient (Wildman–Crippen LogP) is 4.24. The lowest BCUT2D eigenvalue weighted by atomic mass is 10.0. The molecular formula is C24H30FN5O4S2. The summed E-state index contributed by atoms with van der Waals surface area (Å²) in [5.74, 6) is -0.277. The Bertz CT molecular complexity index is 1290. The summed E-state index contributed by atoms with van der Waals surface area (Å²) in [6, 6.07) is 6.33. The molecular weight excluding hydrogens is 505 g/mol. The van der Waals surface area contributed by atoms with E-state index in [1.54, 1.807) is 38.2 Å². The van der Waals surface area contributed by atoms with Gasteiger partial charge < -0.3 is 15.2 Å². The summed E-state index contributed by atoms with van der Waals surface area (Å²) in [7, 11) is -3.67. The highest BCUT2D eigenvalue weighted by molar-refractivity contribution is 7.92. The van der Waals surface area contributed by atoms with E-state index in [9.17, 15) is 13.5 Å². The van der Waals surface area contributed by atoms with Crippen LogP contribution in [0.4, 0.5) is 16.0 Å². The molecule has 1 aromatic carbocycles. The maximum Gasteiger partial charge on any atom is 0.232 e. The lowest BCUT2D eigenvalue weighted by Crippen LogP contribution is -2.17. The van der Waals surface area contributed by atoms with Crippen molar-refractivity contribution in [2.75, 3.05) is 35.6 Å². The molecule has 1 aliphatic heterocycles. The Morgan fingerprint density at radius 3 is 2.75 bits per heavy atom. The van der Waals surface area contributed by atoms with Crippen molar-refractivity contribution in [2.24, 2.45) is 0 Å². The Balaban J connectivity index is 1.78. The van der Waals surface area contributed by atoms with Crippen molar-refractivity contribution in [3.8, 4) is 21.8 Å². The zero-order chi connectivity index (χ0) is 25.7. The first-order valence-electron chi connectivity index (χ1n) is 11.9. The number of aliphatic hydroxyl groups is 1. The number of anilines is 2. The molecule has 3 heterocycles. The number of ether oxygens (including phenoxy) is 1. The average molecular weight is 536 g/mol. The number of rotatable bonds is 10. The van der Waals surface area contributed by atoms with E-state index in [4.69, 9.17) is 9.72 Å². The van der Waals surface area contributed by atoms with E-state index in [0.717, 1.165) is 17.8 Å². The molecule has 0 saturated carbocycles. The quantitative estimate of drug-likeness (QED) is 0.352. The van der Waals surface area contributed by atoms with Gasteiger partial charge in [-0.1, -0.05) is 13.0 Å². The molecule has 0 unspecified atom stereocenters.